The number of carbonyl (C=O) groups is 1. The number of carboxylic acids is 1. The minimum absolute atomic E-state index is 0.201. The summed E-state index contributed by atoms with van der Waals surface area (Å²) in [6, 6.07) is 0.780. The number of hydrogen-bond donors (Lipinski definition) is 2. The largest absolute Gasteiger partial charge is 0.480 e. The van der Waals surface area contributed by atoms with E-state index in [0.29, 0.717) is 18.5 Å². The van der Waals surface area contributed by atoms with Gasteiger partial charge in [-0.2, -0.15) is 0 Å². The second-order valence-electron chi connectivity index (χ2n) is 7.20. The Morgan fingerprint density at radius 1 is 1.24 bits per heavy atom. The van der Waals surface area contributed by atoms with E-state index in [1.807, 2.05) is 0 Å². The first-order valence-corrected chi connectivity index (χ1v) is 8.74. The average molecular weight is 296 g/mol. The number of nitrogens with zero attached hydrogens (tertiary/aromatic N) is 1. The minimum Gasteiger partial charge on any atom is -0.480 e. The van der Waals surface area contributed by atoms with Crippen molar-refractivity contribution in [2.45, 2.75) is 83.3 Å². The van der Waals surface area contributed by atoms with Crippen molar-refractivity contribution in [3.63, 3.8) is 0 Å². The maximum absolute atomic E-state index is 12.1. The van der Waals surface area contributed by atoms with Gasteiger partial charge < -0.3 is 5.11 Å². The molecule has 0 heterocycles. The average Bonchev–Trinajstić information content (AvgIpc) is 3.28. The Morgan fingerprint density at radius 2 is 1.86 bits per heavy atom. The Bertz CT molecular complexity index is 349. The Balaban J connectivity index is 2.13. The van der Waals surface area contributed by atoms with E-state index in [1.54, 1.807) is 0 Å². The quantitative estimate of drug-likeness (QED) is 0.723. The van der Waals surface area contributed by atoms with E-state index in [2.05, 4.69) is 31.0 Å². The van der Waals surface area contributed by atoms with Crippen LogP contribution in [0.15, 0.2) is 0 Å². The summed E-state index contributed by atoms with van der Waals surface area (Å²) in [4.78, 5) is 14.5. The molecule has 0 radical (unpaired) electrons. The van der Waals surface area contributed by atoms with Crippen LogP contribution >= 0.6 is 0 Å². The summed E-state index contributed by atoms with van der Waals surface area (Å²) in [6.45, 7) is 7.88. The van der Waals surface area contributed by atoms with Crippen LogP contribution in [0.1, 0.15) is 65.7 Å². The summed E-state index contributed by atoms with van der Waals surface area (Å²) in [5, 5.41) is 13.4. The van der Waals surface area contributed by atoms with Crippen molar-refractivity contribution < 1.29 is 9.90 Å². The fourth-order valence-electron chi connectivity index (χ4n) is 3.95. The molecule has 0 aromatic heterocycles. The zero-order valence-corrected chi connectivity index (χ0v) is 13.9. The van der Waals surface area contributed by atoms with Crippen molar-refractivity contribution in [1.82, 2.24) is 10.2 Å². The molecule has 0 aliphatic heterocycles. The third kappa shape index (κ3) is 3.98. The molecule has 21 heavy (non-hydrogen) atoms. The SMILES string of the molecule is CCN(CC(NC(C)C)(C(=O)O)C1CC1)C1CCCCC1. The lowest BCUT2D eigenvalue weighted by molar-refractivity contribution is -0.147. The molecule has 2 rings (SSSR count). The number of hydrogen-bond acceptors (Lipinski definition) is 3. The number of nitrogens with one attached hydrogen (secondary N) is 1. The molecule has 1 atom stereocenters. The first-order valence-electron chi connectivity index (χ1n) is 8.74. The Morgan fingerprint density at radius 3 is 2.29 bits per heavy atom. The van der Waals surface area contributed by atoms with Crippen molar-refractivity contribution >= 4 is 5.97 Å². The molecule has 0 saturated heterocycles. The van der Waals surface area contributed by atoms with Gasteiger partial charge in [0.1, 0.15) is 5.54 Å². The fraction of sp³-hybridized carbons (Fsp3) is 0.941. The zero-order valence-electron chi connectivity index (χ0n) is 13.9. The molecule has 0 aromatic rings. The van der Waals surface area contributed by atoms with Crippen LogP contribution in [-0.4, -0.2) is 46.7 Å². The van der Waals surface area contributed by atoms with Gasteiger partial charge in [0.2, 0.25) is 0 Å². The van der Waals surface area contributed by atoms with Crippen LogP contribution in [0, 0.1) is 5.92 Å². The Kier molecular flexibility index (Phi) is 5.67. The molecule has 1 unspecified atom stereocenters. The summed E-state index contributed by atoms with van der Waals surface area (Å²) in [5.74, 6) is -0.358. The van der Waals surface area contributed by atoms with Gasteiger partial charge in [0.25, 0.3) is 0 Å². The maximum Gasteiger partial charge on any atom is 0.325 e. The summed E-state index contributed by atoms with van der Waals surface area (Å²) in [5.41, 5.74) is -0.748. The van der Waals surface area contributed by atoms with E-state index in [1.165, 1.54) is 32.1 Å². The van der Waals surface area contributed by atoms with Crippen molar-refractivity contribution in [2.75, 3.05) is 13.1 Å². The van der Waals surface area contributed by atoms with Gasteiger partial charge in [0.05, 0.1) is 0 Å². The number of rotatable bonds is 8. The highest BCUT2D eigenvalue weighted by Crippen LogP contribution is 2.41. The molecule has 0 aromatic carbocycles. The molecule has 122 valence electrons. The predicted octanol–water partition coefficient (Wildman–Crippen LogP) is 2.87. The summed E-state index contributed by atoms with van der Waals surface area (Å²) < 4.78 is 0. The van der Waals surface area contributed by atoms with E-state index in [4.69, 9.17) is 0 Å². The number of likely N-dealkylation sites (N-methyl/N-ethyl adjacent to an activating group) is 1. The van der Waals surface area contributed by atoms with E-state index < -0.39 is 11.5 Å². The van der Waals surface area contributed by atoms with E-state index in [9.17, 15) is 9.90 Å². The van der Waals surface area contributed by atoms with Crippen LogP contribution in [0.4, 0.5) is 0 Å². The second-order valence-corrected chi connectivity index (χ2v) is 7.20. The van der Waals surface area contributed by atoms with E-state index in [-0.39, 0.29) is 6.04 Å². The predicted molar refractivity (Wildman–Crippen MR) is 85.5 cm³/mol. The molecule has 2 saturated carbocycles. The smallest absolute Gasteiger partial charge is 0.325 e. The molecular weight excluding hydrogens is 264 g/mol. The first kappa shape index (κ1) is 16.8. The van der Waals surface area contributed by atoms with Crippen molar-refractivity contribution in [2.24, 2.45) is 5.92 Å². The molecule has 2 fully saturated rings. The lowest BCUT2D eigenvalue weighted by atomic mass is 9.88. The van der Waals surface area contributed by atoms with Gasteiger partial charge in [-0.15, -0.1) is 0 Å². The lowest BCUT2D eigenvalue weighted by Gasteiger charge is -2.41. The van der Waals surface area contributed by atoms with E-state index >= 15 is 0 Å². The highest BCUT2D eigenvalue weighted by molar-refractivity contribution is 5.80. The summed E-state index contributed by atoms with van der Waals surface area (Å²) in [6.07, 6.45) is 8.49. The molecule has 2 aliphatic rings. The molecule has 2 N–H and O–H groups in total. The van der Waals surface area contributed by atoms with Gasteiger partial charge >= 0.3 is 5.97 Å². The Hall–Kier alpha value is -0.610. The highest BCUT2D eigenvalue weighted by atomic mass is 16.4. The first-order chi connectivity index (χ1) is 9.99. The third-order valence-electron chi connectivity index (χ3n) is 5.15. The van der Waals surface area contributed by atoms with E-state index in [0.717, 1.165) is 19.4 Å². The molecule has 4 nitrogen and oxygen atoms in total. The van der Waals surface area contributed by atoms with Crippen LogP contribution in [0.5, 0.6) is 0 Å². The van der Waals surface area contributed by atoms with Gasteiger partial charge in [0.15, 0.2) is 0 Å². The number of aliphatic carboxylic acids is 1. The summed E-state index contributed by atoms with van der Waals surface area (Å²) >= 11 is 0. The minimum atomic E-state index is -0.748. The molecule has 0 amide bonds. The molecule has 0 bridgehead atoms. The monoisotopic (exact) mass is 296 g/mol. The second kappa shape index (κ2) is 7.10. The number of carboxylic acid groups (broad SMARTS) is 1. The molecular formula is C17H32N2O2. The molecule has 4 heteroatoms. The molecule has 0 spiro atoms. The molecule has 2 aliphatic carbocycles. The van der Waals surface area contributed by atoms with Crippen molar-refractivity contribution in [3.05, 3.63) is 0 Å². The maximum atomic E-state index is 12.1. The van der Waals surface area contributed by atoms with Crippen LogP contribution in [-0.2, 0) is 4.79 Å². The van der Waals surface area contributed by atoms with Gasteiger partial charge in [-0.05, 0) is 52.0 Å². The van der Waals surface area contributed by atoms with Crippen LogP contribution in [0.3, 0.4) is 0 Å². The normalized spacial score (nSPS) is 23.5. The summed E-state index contributed by atoms with van der Waals surface area (Å²) in [7, 11) is 0. The Labute approximate surface area is 129 Å². The fourth-order valence-corrected chi connectivity index (χ4v) is 3.95. The van der Waals surface area contributed by atoms with Gasteiger partial charge in [0, 0.05) is 18.6 Å². The topological polar surface area (TPSA) is 52.6 Å². The van der Waals surface area contributed by atoms with Crippen molar-refractivity contribution in [3.8, 4) is 0 Å². The van der Waals surface area contributed by atoms with Crippen molar-refractivity contribution in [1.29, 1.82) is 0 Å². The van der Waals surface area contributed by atoms with Crippen LogP contribution < -0.4 is 5.32 Å². The van der Waals surface area contributed by atoms with Crippen LogP contribution in [0.25, 0.3) is 0 Å². The van der Waals surface area contributed by atoms with Gasteiger partial charge in [-0.3, -0.25) is 15.0 Å². The van der Waals surface area contributed by atoms with Gasteiger partial charge in [-0.1, -0.05) is 26.2 Å². The highest BCUT2D eigenvalue weighted by Gasteiger charge is 2.52. The standard InChI is InChI=1S/C17H32N2O2/c1-4-19(15-8-6-5-7-9-15)12-17(16(20)21,14-10-11-14)18-13(2)3/h13-15,18H,4-12H2,1-3H3,(H,20,21). The lowest BCUT2D eigenvalue weighted by Crippen LogP contribution is -2.63. The third-order valence-corrected chi connectivity index (χ3v) is 5.15. The van der Waals surface area contributed by atoms with Gasteiger partial charge in [-0.25, -0.2) is 0 Å². The van der Waals surface area contributed by atoms with Crippen LogP contribution in [0.2, 0.25) is 0 Å². The zero-order chi connectivity index (χ0) is 15.5.